The van der Waals surface area contributed by atoms with Crippen molar-refractivity contribution in [2.75, 3.05) is 64.3 Å². The number of aliphatic hydroxyl groups excluding tert-OH is 12. The summed E-state index contributed by atoms with van der Waals surface area (Å²) in [5.74, 6) is -5.69. The highest BCUT2D eigenvalue weighted by molar-refractivity contribution is 14.1. The smallest absolute Gasteiger partial charge is 0.314 e. The van der Waals surface area contributed by atoms with Crippen molar-refractivity contribution < 1.29 is 81.1 Å². The zero-order chi connectivity index (χ0) is 43.1. The number of carboxylic acid groups (broad SMARTS) is 2. The number of nitrogen functional groups attached to an aromatic ring is 2. The zero-order valence-corrected chi connectivity index (χ0v) is 41.4. The molecule has 0 fully saturated rings. The van der Waals surface area contributed by atoms with Gasteiger partial charge in [-0.2, -0.15) is 0 Å². The topological polar surface area (TPSA) is 369 Å². The predicted molar refractivity (Wildman–Crippen MR) is 250 cm³/mol. The molecule has 8 atom stereocenters. The maximum Gasteiger partial charge on any atom is 0.314 e. The minimum absolute atomic E-state index is 0.397. The van der Waals surface area contributed by atoms with E-state index in [1.807, 2.05) is 136 Å². The second-order valence-electron chi connectivity index (χ2n) is 11.5. The Morgan fingerprint density at radius 1 is 0.400 bits per heavy atom. The van der Waals surface area contributed by atoms with Crippen molar-refractivity contribution in [3.8, 4) is 0 Å². The van der Waals surface area contributed by atoms with Gasteiger partial charge in [-0.1, -0.05) is 0 Å². The largest absolute Gasteiger partial charge is 0.481 e. The summed E-state index contributed by atoms with van der Waals surface area (Å²) in [6.45, 7) is -3.72. The second kappa shape index (κ2) is 27.7. The highest BCUT2D eigenvalue weighted by Crippen LogP contribution is 2.43. The van der Waals surface area contributed by atoms with Crippen LogP contribution in [0.3, 0.4) is 0 Å². The van der Waals surface area contributed by atoms with E-state index in [0.717, 1.165) is 0 Å². The minimum atomic E-state index is -1.31. The van der Waals surface area contributed by atoms with Crippen LogP contribution in [0.2, 0.25) is 0 Å². The molecule has 2 aromatic rings. The molecule has 55 heavy (non-hydrogen) atoms. The Morgan fingerprint density at radius 2 is 0.582 bits per heavy atom. The van der Waals surface area contributed by atoms with Crippen LogP contribution >= 0.6 is 136 Å². The molecule has 8 unspecified atom stereocenters. The quantitative estimate of drug-likeness (QED) is 0.0505. The first-order chi connectivity index (χ1) is 25.6. The van der Waals surface area contributed by atoms with Gasteiger partial charge in [0.2, 0.25) is 0 Å². The van der Waals surface area contributed by atoms with Gasteiger partial charge < -0.3 is 83.0 Å². The van der Waals surface area contributed by atoms with Crippen LogP contribution in [0.5, 0.6) is 0 Å². The fraction of sp³-hybridized carbons (Fsp3) is 0.548. The van der Waals surface area contributed by atoms with Crippen molar-refractivity contribution in [2.45, 2.75) is 54.5 Å². The summed E-state index contributed by atoms with van der Waals surface area (Å²) < 4.78 is 3.76. The highest BCUT2D eigenvalue weighted by Gasteiger charge is 2.34. The standard InChI is InChI=1S/2C14H20I3NO6.C3H4O4/c2*15-11-9(5(1-19)7(23)3-21)12(16)14(18)13(17)10(11)6(2-20)8(24)4-22;4-2(5)1-3(6)7/h2*5-8,19-24H,1-4,18H2;1H2,(H,4,5)(H,6,7). The SMILES string of the molecule is Nc1c(I)c(C(CO)C(O)CO)c(I)c(C(CO)C(O)CO)c1I.Nc1c(I)c(C(CO)C(O)CO)c(I)c(C(CO)C(O)CO)c1I.O=C(O)CC(=O)O. The molecular formula is C31H44I6N2O16. The maximum absolute atomic E-state index is 10.0. The fourth-order valence-electron chi connectivity index (χ4n) is 5.01. The average molecular weight is 1460 g/mol. The predicted octanol–water partition coefficient (Wildman–Crippen LogP) is -0.573. The summed E-state index contributed by atoms with van der Waals surface area (Å²) in [5, 5.41) is 131. The maximum atomic E-state index is 10.0. The molecule has 0 amide bonds. The highest BCUT2D eigenvalue weighted by atomic mass is 127. The molecule has 0 saturated heterocycles. The first kappa shape index (κ1) is 55.9. The van der Waals surface area contributed by atoms with E-state index in [4.69, 9.17) is 21.7 Å². The molecule has 0 radical (unpaired) electrons. The van der Waals surface area contributed by atoms with E-state index in [2.05, 4.69) is 0 Å². The van der Waals surface area contributed by atoms with Gasteiger partial charge in [0.05, 0.1) is 88.6 Å². The Kier molecular flexibility index (Phi) is 28.1. The van der Waals surface area contributed by atoms with Crippen molar-refractivity contribution in [1.29, 1.82) is 0 Å². The molecule has 316 valence electrons. The Bertz CT molecular complexity index is 1360. The fourth-order valence-corrected chi connectivity index (χ4v) is 14.5. The molecule has 0 aromatic heterocycles. The molecule has 0 bridgehead atoms. The van der Waals surface area contributed by atoms with Crippen LogP contribution in [0.25, 0.3) is 0 Å². The lowest BCUT2D eigenvalue weighted by Gasteiger charge is -2.29. The third kappa shape index (κ3) is 15.1. The third-order valence-corrected chi connectivity index (χ3v) is 15.0. The van der Waals surface area contributed by atoms with Crippen LogP contribution in [-0.2, 0) is 9.59 Å². The molecule has 0 saturated carbocycles. The van der Waals surface area contributed by atoms with E-state index in [9.17, 15) is 70.9 Å². The van der Waals surface area contributed by atoms with E-state index in [0.29, 0.717) is 55.0 Å². The first-order valence-corrected chi connectivity index (χ1v) is 22.1. The van der Waals surface area contributed by atoms with Gasteiger partial charge in [-0.25, -0.2) is 0 Å². The van der Waals surface area contributed by atoms with Crippen LogP contribution in [-0.4, -0.2) is 161 Å². The number of aliphatic hydroxyl groups is 12. The van der Waals surface area contributed by atoms with Crippen LogP contribution in [0.15, 0.2) is 0 Å². The monoisotopic (exact) mass is 1460 g/mol. The Hall–Kier alpha value is 0.880. The first-order valence-electron chi connectivity index (χ1n) is 15.6. The third-order valence-electron chi connectivity index (χ3n) is 8.02. The molecule has 0 heterocycles. The Morgan fingerprint density at radius 3 is 0.691 bits per heavy atom. The van der Waals surface area contributed by atoms with Crippen LogP contribution in [0.1, 0.15) is 52.3 Å². The Labute approximate surface area is 397 Å². The van der Waals surface area contributed by atoms with E-state index >= 15 is 0 Å². The van der Waals surface area contributed by atoms with E-state index in [-0.39, 0.29) is 0 Å². The van der Waals surface area contributed by atoms with Crippen LogP contribution in [0, 0.1) is 21.4 Å². The van der Waals surface area contributed by atoms with Crippen molar-refractivity contribution in [3.63, 3.8) is 0 Å². The molecule has 2 rings (SSSR count). The van der Waals surface area contributed by atoms with Crippen molar-refractivity contribution >= 4 is 159 Å². The molecule has 24 heteroatoms. The second-order valence-corrected chi connectivity index (χ2v) is 18.0. The lowest BCUT2D eigenvalue weighted by atomic mass is 9.87. The summed E-state index contributed by atoms with van der Waals surface area (Å²) in [5.41, 5.74) is 15.3. The molecule has 0 aliphatic heterocycles. The number of anilines is 2. The number of hydrogen-bond donors (Lipinski definition) is 16. The van der Waals surface area contributed by atoms with Gasteiger partial charge in [-0.3, -0.25) is 9.59 Å². The lowest BCUT2D eigenvalue weighted by Crippen LogP contribution is -2.31. The van der Waals surface area contributed by atoms with Crippen molar-refractivity contribution in [3.05, 3.63) is 43.7 Å². The van der Waals surface area contributed by atoms with Gasteiger partial charge in [-0.05, 0) is 158 Å². The molecule has 0 aliphatic carbocycles. The molecular weight excluding hydrogens is 1420 g/mol. The average Bonchev–Trinajstić information content (AvgIpc) is 3.15. The zero-order valence-electron chi connectivity index (χ0n) is 28.5. The van der Waals surface area contributed by atoms with Gasteiger partial charge in [0, 0.05) is 45.1 Å². The number of aliphatic carboxylic acids is 2. The molecule has 0 aliphatic rings. The molecule has 18 N–H and O–H groups in total. The number of carboxylic acids is 2. The van der Waals surface area contributed by atoms with Gasteiger partial charge >= 0.3 is 11.9 Å². The van der Waals surface area contributed by atoms with E-state index in [1.54, 1.807) is 0 Å². The summed E-state index contributed by atoms with van der Waals surface area (Å²) >= 11 is 12.1. The number of hydrogen-bond acceptors (Lipinski definition) is 16. The van der Waals surface area contributed by atoms with E-state index in [1.165, 1.54) is 0 Å². The number of rotatable bonds is 18. The minimum Gasteiger partial charge on any atom is -0.481 e. The van der Waals surface area contributed by atoms with E-state index < -0.39 is 119 Å². The van der Waals surface area contributed by atoms with Crippen molar-refractivity contribution in [2.24, 2.45) is 0 Å². The molecule has 18 nitrogen and oxygen atoms in total. The molecule has 2 aromatic carbocycles. The van der Waals surface area contributed by atoms with Crippen LogP contribution in [0.4, 0.5) is 11.4 Å². The Balaban J connectivity index is 0.000000904. The lowest BCUT2D eigenvalue weighted by molar-refractivity contribution is -0.147. The summed E-state index contributed by atoms with van der Waals surface area (Å²) in [7, 11) is 0. The summed E-state index contributed by atoms with van der Waals surface area (Å²) in [6, 6.07) is 0. The van der Waals surface area contributed by atoms with Gasteiger partial charge in [0.15, 0.2) is 0 Å². The summed E-state index contributed by atoms with van der Waals surface area (Å²) in [4.78, 5) is 18.9. The summed E-state index contributed by atoms with van der Waals surface area (Å²) in [6.07, 6.45) is -5.53. The van der Waals surface area contributed by atoms with Crippen LogP contribution < -0.4 is 11.5 Å². The number of benzene rings is 2. The van der Waals surface area contributed by atoms with Crippen molar-refractivity contribution in [1.82, 2.24) is 0 Å². The van der Waals surface area contributed by atoms with Gasteiger partial charge in [-0.15, -0.1) is 0 Å². The number of halogens is 6. The van der Waals surface area contributed by atoms with Gasteiger partial charge in [0.1, 0.15) is 6.42 Å². The normalized spacial score (nSPS) is 15.6. The number of carbonyl (C=O) groups is 2. The number of nitrogens with two attached hydrogens (primary N) is 2. The molecule has 0 spiro atoms. The van der Waals surface area contributed by atoms with Gasteiger partial charge in [0.25, 0.3) is 0 Å².